The van der Waals surface area contributed by atoms with E-state index >= 15 is 0 Å². The highest BCUT2D eigenvalue weighted by molar-refractivity contribution is 7.19. The Morgan fingerprint density at radius 3 is 2.52 bits per heavy atom. The normalized spacial score (nSPS) is 11.2. The second kappa shape index (κ2) is 5.93. The summed E-state index contributed by atoms with van der Waals surface area (Å²) in [5.74, 6) is 0.917. The molecule has 23 heavy (non-hydrogen) atoms. The van der Waals surface area contributed by atoms with Crippen LogP contribution >= 0.6 is 11.3 Å². The maximum atomic E-state index is 4.73. The lowest BCUT2D eigenvalue weighted by Crippen LogP contribution is -1.99. The van der Waals surface area contributed by atoms with Gasteiger partial charge in [0.2, 0.25) is 4.96 Å². The van der Waals surface area contributed by atoms with Crippen LogP contribution in [0.15, 0.2) is 54.6 Å². The average molecular weight is 320 g/mol. The summed E-state index contributed by atoms with van der Waals surface area (Å²) in [4.78, 5) is 0.853. The smallest absolute Gasteiger partial charge is 0.187 e. The third-order valence-electron chi connectivity index (χ3n) is 3.91. The van der Waals surface area contributed by atoms with Crippen molar-refractivity contribution in [3.63, 3.8) is 0 Å². The first kappa shape index (κ1) is 14.1. The zero-order valence-corrected chi connectivity index (χ0v) is 13.6. The highest BCUT2D eigenvalue weighted by atomic mass is 32.1. The van der Waals surface area contributed by atoms with Crippen LogP contribution in [0.5, 0.6) is 0 Å². The number of hydrogen-bond donors (Lipinski definition) is 0. The van der Waals surface area contributed by atoms with Crippen molar-refractivity contribution in [1.82, 2.24) is 19.8 Å². The average Bonchev–Trinajstić information content (AvgIpc) is 3.15. The van der Waals surface area contributed by atoms with Gasteiger partial charge in [0.1, 0.15) is 5.01 Å². The number of hydrogen-bond acceptors (Lipinski definition) is 4. The molecule has 0 aliphatic rings. The van der Waals surface area contributed by atoms with Gasteiger partial charge in [-0.2, -0.15) is 9.61 Å². The second-order valence-corrected chi connectivity index (χ2v) is 6.47. The molecule has 0 bridgehead atoms. The van der Waals surface area contributed by atoms with Crippen LogP contribution in [0.2, 0.25) is 0 Å². The molecule has 0 saturated heterocycles. The van der Waals surface area contributed by atoms with E-state index in [2.05, 4.69) is 53.5 Å². The van der Waals surface area contributed by atoms with Gasteiger partial charge in [-0.25, -0.2) is 0 Å². The zero-order chi connectivity index (χ0) is 15.6. The number of benzene rings is 2. The van der Waals surface area contributed by atoms with E-state index in [1.807, 2.05) is 22.7 Å². The van der Waals surface area contributed by atoms with E-state index in [4.69, 9.17) is 5.10 Å². The molecule has 0 fully saturated rings. The summed E-state index contributed by atoms with van der Waals surface area (Å²) in [7, 11) is 0. The number of nitrogens with zero attached hydrogens (tertiary/aromatic N) is 4. The van der Waals surface area contributed by atoms with E-state index in [9.17, 15) is 0 Å². The van der Waals surface area contributed by atoms with Crippen molar-refractivity contribution in [3.8, 4) is 10.6 Å². The Kier molecular flexibility index (Phi) is 3.63. The molecule has 0 spiro atoms. The van der Waals surface area contributed by atoms with E-state index in [0.717, 1.165) is 34.2 Å². The molecule has 4 rings (SSSR count). The van der Waals surface area contributed by atoms with Gasteiger partial charge in [-0.05, 0) is 24.5 Å². The fourth-order valence-corrected chi connectivity index (χ4v) is 3.58. The maximum Gasteiger partial charge on any atom is 0.234 e. The number of rotatable bonds is 4. The number of aromatic nitrogens is 4. The van der Waals surface area contributed by atoms with Crippen LogP contribution in [0.25, 0.3) is 15.5 Å². The second-order valence-electron chi connectivity index (χ2n) is 5.52. The Balaban J connectivity index is 1.63. The minimum Gasteiger partial charge on any atom is -0.187 e. The van der Waals surface area contributed by atoms with E-state index in [-0.39, 0.29) is 0 Å². The van der Waals surface area contributed by atoms with E-state index in [1.54, 1.807) is 11.3 Å². The third kappa shape index (κ3) is 2.75. The Morgan fingerprint density at radius 2 is 1.70 bits per heavy atom. The fraction of sp³-hybridized carbons (Fsp3) is 0.167. The first-order valence-electron chi connectivity index (χ1n) is 7.62. The molecule has 2 heterocycles. The molecule has 0 radical (unpaired) electrons. The Bertz CT molecular complexity index is 940. The van der Waals surface area contributed by atoms with Gasteiger partial charge in [0.05, 0.1) is 0 Å². The van der Waals surface area contributed by atoms with Crippen LogP contribution in [-0.2, 0) is 12.8 Å². The molecule has 0 atom stereocenters. The van der Waals surface area contributed by atoms with Gasteiger partial charge in [0.25, 0.3) is 0 Å². The molecule has 0 aliphatic heterocycles. The third-order valence-corrected chi connectivity index (χ3v) is 4.84. The van der Waals surface area contributed by atoms with Gasteiger partial charge in [0.15, 0.2) is 5.82 Å². The predicted octanol–water partition coefficient (Wildman–Crippen LogP) is 3.95. The highest BCUT2D eigenvalue weighted by Crippen LogP contribution is 2.28. The molecule has 0 unspecified atom stereocenters. The highest BCUT2D eigenvalue weighted by Gasteiger charge is 2.13. The Morgan fingerprint density at radius 1 is 0.913 bits per heavy atom. The topological polar surface area (TPSA) is 43.1 Å². The maximum absolute atomic E-state index is 4.73. The molecule has 0 aliphatic carbocycles. The lowest BCUT2D eigenvalue weighted by molar-refractivity contribution is 0.793. The van der Waals surface area contributed by atoms with Crippen LogP contribution in [0.1, 0.15) is 17.0 Å². The summed E-state index contributed by atoms with van der Waals surface area (Å²) in [6.45, 7) is 2.11. The number of aryl methyl sites for hydroxylation is 3. The van der Waals surface area contributed by atoms with Crippen molar-refractivity contribution in [3.05, 3.63) is 71.5 Å². The molecular weight excluding hydrogens is 304 g/mol. The van der Waals surface area contributed by atoms with Crippen molar-refractivity contribution >= 4 is 16.3 Å². The summed E-state index contributed by atoms with van der Waals surface area (Å²) < 4.78 is 1.88. The molecule has 2 aromatic carbocycles. The molecule has 4 nitrogen and oxygen atoms in total. The molecule has 0 saturated carbocycles. The van der Waals surface area contributed by atoms with Crippen molar-refractivity contribution < 1.29 is 0 Å². The summed E-state index contributed by atoms with van der Waals surface area (Å²) in [6.07, 6.45) is 1.78. The molecule has 2 aromatic heterocycles. The minimum absolute atomic E-state index is 0.835. The standard InChI is InChI=1S/C18H16N4S/c1-13-7-5-6-10-15(13)17-21-22-16(19-20-18(22)23-17)12-11-14-8-3-2-4-9-14/h2-10H,11-12H2,1H3. The van der Waals surface area contributed by atoms with Crippen LogP contribution in [0.4, 0.5) is 0 Å². The number of fused-ring (bicyclic) bond motifs is 1. The summed E-state index contributed by atoms with van der Waals surface area (Å²) in [5.41, 5.74) is 3.69. The van der Waals surface area contributed by atoms with Crippen molar-refractivity contribution in [2.45, 2.75) is 19.8 Å². The van der Waals surface area contributed by atoms with Gasteiger partial charge in [-0.1, -0.05) is 65.9 Å². The molecule has 4 aromatic rings. The SMILES string of the molecule is Cc1ccccc1-c1nn2c(CCc3ccccc3)nnc2s1. The van der Waals surface area contributed by atoms with Gasteiger partial charge >= 0.3 is 0 Å². The molecule has 5 heteroatoms. The lowest BCUT2D eigenvalue weighted by Gasteiger charge is -2.00. The summed E-state index contributed by atoms with van der Waals surface area (Å²) >= 11 is 1.59. The van der Waals surface area contributed by atoms with Crippen LogP contribution in [0.3, 0.4) is 0 Å². The van der Waals surface area contributed by atoms with Gasteiger partial charge < -0.3 is 0 Å². The monoisotopic (exact) mass is 320 g/mol. The summed E-state index contributed by atoms with van der Waals surface area (Å²) in [5, 5.41) is 14.3. The predicted molar refractivity (Wildman–Crippen MR) is 92.7 cm³/mol. The minimum atomic E-state index is 0.835. The van der Waals surface area contributed by atoms with Gasteiger partial charge in [-0.15, -0.1) is 10.2 Å². The quantitative estimate of drug-likeness (QED) is 0.572. The van der Waals surface area contributed by atoms with Gasteiger partial charge in [-0.3, -0.25) is 0 Å². The van der Waals surface area contributed by atoms with Crippen LogP contribution in [-0.4, -0.2) is 19.8 Å². The largest absolute Gasteiger partial charge is 0.234 e. The molecule has 114 valence electrons. The van der Waals surface area contributed by atoms with Crippen LogP contribution in [0, 0.1) is 6.92 Å². The lowest BCUT2D eigenvalue weighted by atomic mass is 10.1. The van der Waals surface area contributed by atoms with Crippen molar-refractivity contribution in [2.24, 2.45) is 0 Å². The molecule has 0 N–H and O–H groups in total. The molecular formula is C18H16N4S. The van der Waals surface area contributed by atoms with Gasteiger partial charge in [0, 0.05) is 12.0 Å². The van der Waals surface area contributed by atoms with E-state index in [1.165, 1.54) is 11.1 Å². The van der Waals surface area contributed by atoms with Crippen LogP contribution < -0.4 is 0 Å². The van der Waals surface area contributed by atoms with E-state index < -0.39 is 0 Å². The first-order valence-corrected chi connectivity index (χ1v) is 8.44. The Labute approximate surface area is 138 Å². The zero-order valence-electron chi connectivity index (χ0n) is 12.8. The van der Waals surface area contributed by atoms with Crippen molar-refractivity contribution in [2.75, 3.05) is 0 Å². The summed E-state index contributed by atoms with van der Waals surface area (Å²) in [6, 6.07) is 18.7. The fourth-order valence-electron chi connectivity index (χ4n) is 2.64. The Hall–Kier alpha value is -2.53. The molecule has 0 amide bonds. The van der Waals surface area contributed by atoms with Crippen molar-refractivity contribution in [1.29, 1.82) is 0 Å². The first-order chi connectivity index (χ1) is 11.3. The van der Waals surface area contributed by atoms with E-state index in [0.29, 0.717) is 0 Å².